The molecular weight excluding hydrogens is 451 g/mol. The number of amides is 1. The van der Waals surface area contributed by atoms with E-state index in [0.29, 0.717) is 11.8 Å². The first-order chi connectivity index (χ1) is 15.6. The monoisotopic (exact) mass is 480 g/mol. The van der Waals surface area contributed by atoms with Crippen LogP contribution in [0.4, 0.5) is 23.2 Å². The number of piperidine rings is 1. The smallest absolute Gasteiger partial charge is 0.322 e. The van der Waals surface area contributed by atoms with Gasteiger partial charge in [0, 0.05) is 17.3 Å². The number of anilines is 1. The molecule has 3 nitrogen and oxygen atoms in total. The average Bonchev–Trinajstić information content (AvgIpc) is 2.75. The first-order valence-corrected chi connectivity index (χ1v) is 11.7. The van der Waals surface area contributed by atoms with Crippen LogP contribution >= 0.6 is 9.24 Å². The van der Waals surface area contributed by atoms with Crippen LogP contribution in [0.25, 0.3) is 6.08 Å². The third-order valence-corrected chi connectivity index (χ3v) is 6.49. The second-order valence-corrected chi connectivity index (χ2v) is 9.22. The average molecular weight is 480 g/mol. The Balaban J connectivity index is 1.51. The summed E-state index contributed by atoms with van der Waals surface area (Å²) in [4.78, 5) is 14.7. The number of likely N-dealkylation sites (tertiary alicyclic amines) is 1. The lowest BCUT2D eigenvalue weighted by molar-refractivity contribution is -0.137. The summed E-state index contributed by atoms with van der Waals surface area (Å²) in [6.07, 6.45) is 2.19. The molecule has 8 heteroatoms. The van der Waals surface area contributed by atoms with Gasteiger partial charge in [-0.05, 0) is 92.4 Å². The first kappa shape index (κ1) is 25.4. The largest absolute Gasteiger partial charge is 0.416 e. The fourth-order valence-corrected chi connectivity index (χ4v) is 4.29. The van der Waals surface area contributed by atoms with Crippen molar-refractivity contribution >= 4 is 32.2 Å². The molecule has 1 aliphatic rings. The van der Waals surface area contributed by atoms with E-state index in [1.165, 1.54) is 31.5 Å². The molecule has 1 N–H and O–H groups in total. The van der Waals surface area contributed by atoms with Crippen LogP contribution in [0, 0.1) is 11.7 Å². The molecule has 1 atom stereocenters. The number of carbonyl (C=O) groups excluding carboxylic acids is 1. The van der Waals surface area contributed by atoms with Gasteiger partial charge in [-0.25, -0.2) is 4.39 Å². The van der Waals surface area contributed by atoms with E-state index in [1.54, 1.807) is 0 Å². The Kier molecular flexibility index (Phi) is 8.66. The second kappa shape index (κ2) is 11.3. The molecule has 33 heavy (non-hydrogen) atoms. The standard InChI is InChI=1S/C25H29F4N2OP/c1-17-10-13-31(14-11-17)12-2-3-19-5-8-21(16-23(19)33)30-24(32)9-6-18-4-7-20(15-22(18)26)25(27,28)29/h4-9,15-17H,2-3,10-14,33H2,1H3,(H,30,32)/b9-6+. The molecule has 178 valence electrons. The van der Waals surface area contributed by atoms with Gasteiger partial charge < -0.3 is 10.2 Å². The van der Waals surface area contributed by atoms with Gasteiger partial charge in [0.2, 0.25) is 5.91 Å². The van der Waals surface area contributed by atoms with E-state index >= 15 is 0 Å². The molecular formula is C25H29F4N2OP. The lowest BCUT2D eigenvalue weighted by Crippen LogP contribution is -2.33. The zero-order chi connectivity index (χ0) is 24.0. The number of rotatable bonds is 7. The molecule has 0 bridgehead atoms. The Labute approximate surface area is 194 Å². The SMILES string of the molecule is CC1CCN(CCCc2ccc(NC(=O)/C=C/c3ccc(C(F)(F)F)cc3F)cc2P)CC1. The van der Waals surface area contributed by atoms with Gasteiger partial charge in [-0.15, -0.1) is 9.24 Å². The Morgan fingerprint density at radius 2 is 1.91 bits per heavy atom. The third-order valence-electron chi connectivity index (χ3n) is 5.95. The maximum atomic E-state index is 13.9. The van der Waals surface area contributed by atoms with Crippen LogP contribution in [-0.4, -0.2) is 30.4 Å². The van der Waals surface area contributed by atoms with Crippen LogP contribution in [0.1, 0.15) is 42.9 Å². The van der Waals surface area contributed by atoms with Crippen molar-refractivity contribution in [3.05, 3.63) is 65.0 Å². The van der Waals surface area contributed by atoms with Crippen LogP contribution in [0.2, 0.25) is 0 Å². The van der Waals surface area contributed by atoms with Crippen molar-refractivity contribution in [2.45, 2.75) is 38.8 Å². The van der Waals surface area contributed by atoms with Crippen molar-refractivity contribution in [1.82, 2.24) is 4.90 Å². The molecule has 0 aromatic heterocycles. The number of hydrogen-bond acceptors (Lipinski definition) is 2. The second-order valence-electron chi connectivity index (χ2n) is 8.60. The highest BCUT2D eigenvalue weighted by atomic mass is 31.0. The molecule has 1 aliphatic heterocycles. The topological polar surface area (TPSA) is 32.3 Å². The van der Waals surface area contributed by atoms with E-state index in [2.05, 4.69) is 26.4 Å². The minimum absolute atomic E-state index is 0.0941. The van der Waals surface area contributed by atoms with Gasteiger partial charge in [-0.1, -0.05) is 19.1 Å². The number of benzene rings is 2. The van der Waals surface area contributed by atoms with Gasteiger partial charge in [-0.3, -0.25) is 4.79 Å². The number of hydrogen-bond donors (Lipinski definition) is 1. The van der Waals surface area contributed by atoms with Gasteiger partial charge in [-0.2, -0.15) is 13.2 Å². The molecule has 0 spiro atoms. The van der Waals surface area contributed by atoms with Crippen LogP contribution in [0.15, 0.2) is 42.5 Å². The van der Waals surface area contributed by atoms with E-state index < -0.39 is 23.5 Å². The van der Waals surface area contributed by atoms with Gasteiger partial charge >= 0.3 is 6.18 Å². The predicted octanol–water partition coefficient (Wildman–Crippen LogP) is 5.66. The maximum Gasteiger partial charge on any atom is 0.416 e. The number of nitrogens with one attached hydrogen (secondary N) is 1. The van der Waals surface area contributed by atoms with E-state index in [9.17, 15) is 22.4 Å². The van der Waals surface area contributed by atoms with E-state index in [1.807, 2.05) is 18.2 Å². The van der Waals surface area contributed by atoms with Crippen molar-refractivity contribution in [3.63, 3.8) is 0 Å². The van der Waals surface area contributed by atoms with Gasteiger partial charge in [0.1, 0.15) is 5.82 Å². The lowest BCUT2D eigenvalue weighted by atomic mass is 9.99. The normalized spacial score (nSPS) is 15.8. The first-order valence-electron chi connectivity index (χ1n) is 11.1. The highest BCUT2D eigenvalue weighted by Gasteiger charge is 2.31. The predicted molar refractivity (Wildman–Crippen MR) is 128 cm³/mol. The molecule has 1 saturated heterocycles. The number of nitrogens with zero attached hydrogens (tertiary/aromatic N) is 1. The minimum Gasteiger partial charge on any atom is -0.322 e. The molecule has 2 aromatic carbocycles. The van der Waals surface area contributed by atoms with E-state index in [-0.39, 0.29) is 5.56 Å². The van der Waals surface area contributed by atoms with Crippen LogP contribution in [0.3, 0.4) is 0 Å². The number of halogens is 4. The van der Waals surface area contributed by atoms with Crippen LogP contribution in [-0.2, 0) is 17.4 Å². The summed E-state index contributed by atoms with van der Waals surface area (Å²) in [7, 11) is 2.69. The van der Waals surface area contributed by atoms with Gasteiger partial charge in [0.05, 0.1) is 5.56 Å². The molecule has 1 fully saturated rings. The summed E-state index contributed by atoms with van der Waals surface area (Å²) in [5.74, 6) is -0.707. The number of carbonyl (C=O) groups is 1. The quantitative estimate of drug-likeness (QED) is 0.315. The van der Waals surface area contributed by atoms with Crippen molar-refractivity contribution < 1.29 is 22.4 Å². The van der Waals surface area contributed by atoms with Gasteiger partial charge in [0.15, 0.2) is 0 Å². The molecule has 2 aromatic rings. The van der Waals surface area contributed by atoms with Crippen molar-refractivity contribution in [2.24, 2.45) is 5.92 Å². The third kappa shape index (κ3) is 7.65. The molecule has 0 saturated carbocycles. The summed E-state index contributed by atoms with van der Waals surface area (Å²) >= 11 is 0. The summed E-state index contributed by atoms with van der Waals surface area (Å²) in [5, 5.41) is 3.70. The molecule has 1 amide bonds. The lowest BCUT2D eigenvalue weighted by Gasteiger charge is -2.30. The van der Waals surface area contributed by atoms with Crippen LogP contribution in [0.5, 0.6) is 0 Å². The number of alkyl halides is 3. The Bertz CT molecular complexity index is 998. The summed E-state index contributed by atoms with van der Waals surface area (Å²) in [5.41, 5.74) is 0.630. The van der Waals surface area contributed by atoms with Crippen molar-refractivity contribution in [2.75, 3.05) is 25.0 Å². The molecule has 0 radical (unpaired) electrons. The summed E-state index contributed by atoms with van der Waals surface area (Å²) in [6.45, 7) is 5.73. The molecule has 1 heterocycles. The van der Waals surface area contributed by atoms with Crippen LogP contribution < -0.4 is 10.6 Å². The summed E-state index contributed by atoms with van der Waals surface area (Å²) in [6, 6.07) is 7.86. The Morgan fingerprint density at radius 3 is 2.55 bits per heavy atom. The van der Waals surface area contributed by atoms with Crippen molar-refractivity contribution in [1.29, 1.82) is 0 Å². The van der Waals surface area contributed by atoms with E-state index in [4.69, 9.17) is 0 Å². The Morgan fingerprint density at radius 1 is 1.18 bits per heavy atom. The summed E-state index contributed by atoms with van der Waals surface area (Å²) < 4.78 is 51.8. The molecule has 0 aliphatic carbocycles. The zero-order valence-corrected chi connectivity index (χ0v) is 19.7. The zero-order valence-electron chi connectivity index (χ0n) is 18.6. The fraction of sp³-hybridized carbons (Fsp3) is 0.400. The number of aryl methyl sites for hydroxylation is 1. The minimum atomic E-state index is -4.62. The fourth-order valence-electron chi connectivity index (χ4n) is 3.87. The maximum absolute atomic E-state index is 13.9. The van der Waals surface area contributed by atoms with Crippen molar-refractivity contribution in [3.8, 4) is 0 Å². The Hall–Kier alpha value is -2.24. The highest BCUT2D eigenvalue weighted by molar-refractivity contribution is 7.27. The highest BCUT2D eigenvalue weighted by Crippen LogP contribution is 2.30. The molecule has 3 rings (SSSR count). The van der Waals surface area contributed by atoms with Gasteiger partial charge in [0.25, 0.3) is 0 Å². The van der Waals surface area contributed by atoms with E-state index in [0.717, 1.165) is 54.9 Å². The molecule has 1 unspecified atom stereocenters.